The molecule has 1 heterocycles. The Bertz CT molecular complexity index is 449. The molecule has 1 N–H and O–H groups in total. The van der Waals surface area contributed by atoms with Crippen molar-refractivity contribution in [2.24, 2.45) is 5.92 Å². The van der Waals surface area contributed by atoms with Crippen LogP contribution in [0.5, 0.6) is 0 Å². The van der Waals surface area contributed by atoms with E-state index in [1.54, 1.807) is 11.4 Å². The fraction of sp³-hybridized carbons (Fsp3) is 0.600. The van der Waals surface area contributed by atoms with Crippen molar-refractivity contribution in [1.29, 1.82) is 0 Å². The molecule has 16 heavy (non-hydrogen) atoms. The van der Waals surface area contributed by atoms with E-state index in [1.807, 2.05) is 0 Å². The summed E-state index contributed by atoms with van der Waals surface area (Å²) >= 11 is 4.49. The predicted octanol–water partition coefficient (Wildman–Crippen LogP) is 2.98. The van der Waals surface area contributed by atoms with Crippen LogP contribution in [-0.2, 0) is 10.0 Å². The first-order valence-electron chi connectivity index (χ1n) is 5.32. The third-order valence-electron chi connectivity index (χ3n) is 2.87. The Balaban J connectivity index is 2.00. The second-order valence-electron chi connectivity index (χ2n) is 4.06. The van der Waals surface area contributed by atoms with Crippen LogP contribution in [-0.4, -0.2) is 15.0 Å². The van der Waals surface area contributed by atoms with E-state index in [4.69, 9.17) is 0 Å². The highest BCUT2D eigenvalue weighted by Gasteiger charge is 2.22. The van der Waals surface area contributed by atoms with E-state index < -0.39 is 10.0 Å². The lowest BCUT2D eigenvalue weighted by Gasteiger charge is -2.10. The summed E-state index contributed by atoms with van der Waals surface area (Å²) in [7, 11) is -3.31. The van der Waals surface area contributed by atoms with Gasteiger partial charge in [0, 0.05) is 11.0 Å². The molecule has 0 unspecified atom stereocenters. The van der Waals surface area contributed by atoms with Crippen molar-refractivity contribution in [1.82, 2.24) is 4.72 Å². The van der Waals surface area contributed by atoms with Gasteiger partial charge in [0.2, 0.25) is 0 Å². The first-order chi connectivity index (χ1) is 7.59. The molecule has 0 saturated heterocycles. The molecular formula is C10H14BrNO2S2. The zero-order valence-electron chi connectivity index (χ0n) is 8.78. The van der Waals surface area contributed by atoms with E-state index in [1.165, 1.54) is 24.2 Å². The third-order valence-corrected chi connectivity index (χ3v) is 6.96. The number of nitrogens with one attached hydrogen (secondary N) is 1. The van der Waals surface area contributed by atoms with Gasteiger partial charge in [0.1, 0.15) is 4.21 Å². The van der Waals surface area contributed by atoms with Crippen LogP contribution < -0.4 is 4.72 Å². The van der Waals surface area contributed by atoms with Crippen molar-refractivity contribution in [2.75, 3.05) is 6.54 Å². The first-order valence-corrected chi connectivity index (χ1v) is 8.48. The standard InChI is InChI=1S/C10H14BrNO2S2/c11-9-5-6-15-10(9)16(13,14)12-7-8-3-1-2-4-8/h5-6,8,12H,1-4,7H2. The Morgan fingerprint density at radius 1 is 1.44 bits per heavy atom. The molecule has 1 aromatic heterocycles. The van der Waals surface area contributed by atoms with E-state index in [-0.39, 0.29) is 0 Å². The molecule has 0 spiro atoms. The molecule has 1 fully saturated rings. The molecule has 90 valence electrons. The molecule has 2 rings (SSSR count). The van der Waals surface area contributed by atoms with E-state index in [9.17, 15) is 8.42 Å². The van der Waals surface area contributed by atoms with Gasteiger partial charge in [-0.3, -0.25) is 0 Å². The Hall–Kier alpha value is 0.0900. The zero-order valence-corrected chi connectivity index (χ0v) is 12.0. The van der Waals surface area contributed by atoms with Gasteiger partial charge in [-0.25, -0.2) is 13.1 Å². The molecule has 0 radical (unpaired) electrons. The van der Waals surface area contributed by atoms with Crippen molar-refractivity contribution in [3.63, 3.8) is 0 Å². The zero-order chi connectivity index (χ0) is 11.6. The topological polar surface area (TPSA) is 46.2 Å². The Kier molecular flexibility index (Phi) is 4.05. The number of hydrogen-bond acceptors (Lipinski definition) is 3. The summed E-state index contributed by atoms with van der Waals surface area (Å²) in [6, 6.07) is 1.76. The molecule has 6 heteroatoms. The van der Waals surface area contributed by atoms with E-state index in [0.29, 0.717) is 21.1 Å². The summed E-state index contributed by atoms with van der Waals surface area (Å²) in [5.74, 6) is 0.522. The highest BCUT2D eigenvalue weighted by Crippen LogP contribution is 2.28. The van der Waals surface area contributed by atoms with Gasteiger partial charge in [0.15, 0.2) is 0 Å². The van der Waals surface area contributed by atoms with Crippen molar-refractivity contribution >= 4 is 37.3 Å². The summed E-state index contributed by atoms with van der Waals surface area (Å²) in [5.41, 5.74) is 0. The third kappa shape index (κ3) is 2.85. The van der Waals surface area contributed by atoms with Gasteiger partial charge in [0.25, 0.3) is 10.0 Å². The van der Waals surface area contributed by atoms with E-state index in [0.717, 1.165) is 12.8 Å². The summed E-state index contributed by atoms with van der Waals surface area (Å²) in [6.07, 6.45) is 4.76. The smallest absolute Gasteiger partial charge is 0.210 e. The van der Waals surface area contributed by atoms with Crippen LogP contribution in [0.3, 0.4) is 0 Å². The van der Waals surface area contributed by atoms with Crippen molar-refractivity contribution in [3.8, 4) is 0 Å². The van der Waals surface area contributed by atoms with Crippen LogP contribution in [0.25, 0.3) is 0 Å². The first kappa shape index (κ1) is 12.5. The van der Waals surface area contributed by atoms with Crippen LogP contribution in [0.2, 0.25) is 0 Å². The van der Waals surface area contributed by atoms with Gasteiger partial charge in [-0.1, -0.05) is 12.8 Å². The molecule has 0 amide bonds. The number of thiophene rings is 1. The molecule has 1 aromatic rings. The van der Waals surface area contributed by atoms with E-state index >= 15 is 0 Å². The maximum Gasteiger partial charge on any atom is 0.251 e. The molecule has 1 aliphatic carbocycles. The minimum atomic E-state index is -3.31. The van der Waals surface area contributed by atoms with Crippen LogP contribution >= 0.6 is 27.3 Å². The van der Waals surface area contributed by atoms with Gasteiger partial charge >= 0.3 is 0 Å². The van der Waals surface area contributed by atoms with Crippen molar-refractivity contribution in [3.05, 3.63) is 15.9 Å². The summed E-state index contributed by atoms with van der Waals surface area (Å²) in [5, 5.41) is 1.77. The molecule has 1 aliphatic rings. The fourth-order valence-corrected chi connectivity index (χ4v) is 5.48. The molecule has 1 saturated carbocycles. The minimum absolute atomic E-state index is 0.380. The van der Waals surface area contributed by atoms with Gasteiger partial charge in [0.05, 0.1) is 0 Å². The summed E-state index contributed by atoms with van der Waals surface area (Å²) in [6.45, 7) is 0.576. The maximum atomic E-state index is 11.9. The van der Waals surface area contributed by atoms with Gasteiger partial charge in [-0.05, 0) is 46.1 Å². The highest BCUT2D eigenvalue weighted by molar-refractivity contribution is 9.10. The Morgan fingerprint density at radius 2 is 2.12 bits per heavy atom. The van der Waals surface area contributed by atoms with Crippen molar-refractivity contribution in [2.45, 2.75) is 29.9 Å². The van der Waals surface area contributed by atoms with Crippen molar-refractivity contribution < 1.29 is 8.42 Å². The SMILES string of the molecule is O=S(=O)(NCC1CCCC1)c1sccc1Br. The van der Waals surface area contributed by atoms with E-state index in [2.05, 4.69) is 20.7 Å². The molecular weight excluding hydrogens is 310 g/mol. The fourth-order valence-electron chi connectivity index (χ4n) is 1.98. The number of sulfonamides is 1. The highest BCUT2D eigenvalue weighted by atomic mass is 79.9. The van der Waals surface area contributed by atoms with Crippen LogP contribution in [0.15, 0.2) is 20.1 Å². The monoisotopic (exact) mass is 323 g/mol. The van der Waals surface area contributed by atoms with Crippen LogP contribution in [0.1, 0.15) is 25.7 Å². The number of halogens is 1. The quantitative estimate of drug-likeness (QED) is 0.925. The normalized spacial score (nSPS) is 18.1. The average molecular weight is 324 g/mol. The Morgan fingerprint density at radius 3 is 2.69 bits per heavy atom. The molecule has 0 aromatic carbocycles. The van der Waals surface area contributed by atoms with Gasteiger partial charge < -0.3 is 0 Å². The average Bonchev–Trinajstić information content (AvgIpc) is 2.85. The summed E-state index contributed by atoms with van der Waals surface area (Å²) in [4.78, 5) is 0. The second-order valence-corrected chi connectivity index (χ2v) is 7.79. The minimum Gasteiger partial charge on any atom is -0.210 e. The number of hydrogen-bond donors (Lipinski definition) is 1. The molecule has 0 bridgehead atoms. The molecule has 0 atom stereocenters. The van der Waals surface area contributed by atoms with Gasteiger partial charge in [-0.2, -0.15) is 0 Å². The molecule has 0 aliphatic heterocycles. The Labute approximate surface area is 108 Å². The lowest BCUT2D eigenvalue weighted by Crippen LogP contribution is -2.28. The molecule has 3 nitrogen and oxygen atoms in total. The summed E-state index contributed by atoms with van der Waals surface area (Å²) < 4.78 is 27.6. The van der Waals surface area contributed by atoms with Crippen LogP contribution in [0, 0.1) is 5.92 Å². The predicted molar refractivity (Wildman–Crippen MR) is 69.2 cm³/mol. The maximum absolute atomic E-state index is 11.9. The van der Waals surface area contributed by atoms with Crippen LogP contribution in [0.4, 0.5) is 0 Å². The van der Waals surface area contributed by atoms with Gasteiger partial charge in [-0.15, -0.1) is 11.3 Å². The lowest BCUT2D eigenvalue weighted by atomic mass is 10.1. The lowest BCUT2D eigenvalue weighted by molar-refractivity contribution is 0.520. The number of rotatable bonds is 4. The largest absolute Gasteiger partial charge is 0.251 e. The second kappa shape index (κ2) is 5.16.